The molecule has 0 bridgehead atoms. The molecular formula is C22H26N2O6S. The fraction of sp³-hybridized carbons (Fsp3) is 0.364. The molecule has 0 unspecified atom stereocenters. The largest absolute Gasteiger partial charge is 0.475 e. The highest BCUT2D eigenvalue weighted by atomic mass is 32.2. The second kappa shape index (κ2) is 9.93. The zero-order valence-corrected chi connectivity index (χ0v) is 18.4. The van der Waals surface area contributed by atoms with Crippen molar-refractivity contribution in [3.8, 4) is 5.75 Å². The van der Waals surface area contributed by atoms with E-state index in [1.165, 1.54) is 24.1 Å². The first kappa shape index (κ1) is 22.8. The molecule has 0 spiro atoms. The van der Waals surface area contributed by atoms with E-state index in [4.69, 9.17) is 9.47 Å². The molecule has 1 heterocycles. The molecule has 166 valence electrons. The van der Waals surface area contributed by atoms with Crippen molar-refractivity contribution < 1.29 is 27.5 Å². The number of anilines is 1. The monoisotopic (exact) mass is 446 g/mol. The highest BCUT2D eigenvalue weighted by Gasteiger charge is 2.34. The van der Waals surface area contributed by atoms with E-state index in [0.29, 0.717) is 30.8 Å². The number of nitrogens with one attached hydrogen (secondary N) is 1. The molecule has 31 heavy (non-hydrogen) atoms. The van der Waals surface area contributed by atoms with E-state index >= 15 is 0 Å². The summed E-state index contributed by atoms with van der Waals surface area (Å²) in [5.41, 5.74) is 1.45. The Balaban J connectivity index is 1.68. The van der Waals surface area contributed by atoms with Gasteiger partial charge in [0, 0.05) is 13.0 Å². The molecule has 0 fully saturated rings. The highest BCUT2D eigenvalue weighted by molar-refractivity contribution is 7.89. The lowest BCUT2D eigenvalue weighted by molar-refractivity contribution is -0.148. The summed E-state index contributed by atoms with van der Waals surface area (Å²) in [5.74, 6) is -0.251. The molecule has 9 heteroatoms. The van der Waals surface area contributed by atoms with E-state index in [1.807, 2.05) is 6.92 Å². The van der Waals surface area contributed by atoms with Gasteiger partial charge in [0.1, 0.15) is 5.75 Å². The van der Waals surface area contributed by atoms with Gasteiger partial charge in [-0.3, -0.25) is 4.79 Å². The Kier molecular flexibility index (Phi) is 7.29. The van der Waals surface area contributed by atoms with Crippen molar-refractivity contribution in [1.82, 2.24) is 4.72 Å². The van der Waals surface area contributed by atoms with Gasteiger partial charge in [-0.25, -0.2) is 17.9 Å². The molecular weight excluding hydrogens is 420 g/mol. The summed E-state index contributed by atoms with van der Waals surface area (Å²) >= 11 is 0. The number of carbonyl (C=O) groups is 2. The molecule has 3 rings (SSSR count). The third kappa shape index (κ3) is 5.42. The summed E-state index contributed by atoms with van der Waals surface area (Å²) in [7, 11) is -2.24. The summed E-state index contributed by atoms with van der Waals surface area (Å²) in [6.07, 6.45) is 0.455. The van der Waals surface area contributed by atoms with Crippen LogP contribution >= 0.6 is 0 Å². The lowest BCUT2D eigenvalue weighted by Crippen LogP contribution is -2.47. The molecule has 1 atom stereocenters. The Hall–Kier alpha value is -2.91. The Morgan fingerprint density at radius 1 is 1.16 bits per heavy atom. The van der Waals surface area contributed by atoms with E-state index in [0.717, 1.165) is 5.56 Å². The van der Waals surface area contributed by atoms with Crippen molar-refractivity contribution in [2.45, 2.75) is 37.2 Å². The average Bonchev–Trinajstić information content (AvgIpc) is 2.80. The van der Waals surface area contributed by atoms with Gasteiger partial charge in [-0.2, -0.15) is 0 Å². The average molecular weight is 447 g/mol. The van der Waals surface area contributed by atoms with Crippen molar-refractivity contribution >= 4 is 27.6 Å². The Bertz CT molecular complexity index is 1040. The van der Waals surface area contributed by atoms with Crippen molar-refractivity contribution in [1.29, 1.82) is 0 Å². The SMILES string of the molecule is CCCNS(=O)(=O)c1ccc(CCC(=O)N2C[C@@H](C(=O)OC)Oc3ccccc32)cc1. The molecule has 0 saturated heterocycles. The molecule has 1 aliphatic heterocycles. The minimum Gasteiger partial charge on any atom is -0.475 e. The van der Waals surface area contributed by atoms with Crippen LogP contribution in [0.1, 0.15) is 25.3 Å². The van der Waals surface area contributed by atoms with Gasteiger partial charge in [-0.15, -0.1) is 0 Å². The van der Waals surface area contributed by atoms with Gasteiger partial charge in [0.25, 0.3) is 0 Å². The Morgan fingerprint density at radius 2 is 1.87 bits per heavy atom. The van der Waals surface area contributed by atoms with Crippen LogP contribution in [0.25, 0.3) is 0 Å². The number of amides is 1. The number of sulfonamides is 1. The zero-order chi connectivity index (χ0) is 22.4. The van der Waals surface area contributed by atoms with Crippen molar-refractivity contribution in [2.24, 2.45) is 0 Å². The van der Waals surface area contributed by atoms with Gasteiger partial charge in [0.15, 0.2) is 0 Å². The van der Waals surface area contributed by atoms with Crippen molar-refractivity contribution in [2.75, 3.05) is 25.1 Å². The molecule has 2 aromatic rings. The Labute approximate surface area is 182 Å². The van der Waals surface area contributed by atoms with Gasteiger partial charge >= 0.3 is 5.97 Å². The fourth-order valence-electron chi connectivity index (χ4n) is 3.27. The number of hydrogen-bond donors (Lipinski definition) is 1. The first-order valence-corrected chi connectivity index (χ1v) is 11.6. The van der Waals surface area contributed by atoms with Crippen LogP contribution in [0.2, 0.25) is 0 Å². The molecule has 1 amide bonds. The second-order valence-corrected chi connectivity index (χ2v) is 8.91. The minimum atomic E-state index is -3.52. The smallest absolute Gasteiger partial charge is 0.348 e. The molecule has 1 N–H and O–H groups in total. The zero-order valence-electron chi connectivity index (χ0n) is 17.5. The van der Waals surface area contributed by atoms with Crippen LogP contribution in [-0.2, 0) is 30.8 Å². The third-order valence-corrected chi connectivity index (χ3v) is 6.42. The number of esters is 1. The molecule has 0 aliphatic carbocycles. The third-order valence-electron chi connectivity index (χ3n) is 4.94. The van der Waals surface area contributed by atoms with Gasteiger partial charge in [-0.05, 0) is 42.7 Å². The number of hydrogen-bond acceptors (Lipinski definition) is 6. The van der Waals surface area contributed by atoms with Crippen LogP contribution in [0.5, 0.6) is 5.75 Å². The van der Waals surface area contributed by atoms with Crippen LogP contribution in [0.15, 0.2) is 53.4 Å². The van der Waals surface area contributed by atoms with E-state index in [-0.39, 0.29) is 23.8 Å². The number of carbonyl (C=O) groups excluding carboxylic acids is 2. The van der Waals surface area contributed by atoms with E-state index in [1.54, 1.807) is 36.4 Å². The predicted molar refractivity (Wildman–Crippen MR) is 115 cm³/mol. The maximum atomic E-state index is 12.9. The number of benzene rings is 2. The molecule has 0 saturated carbocycles. The Morgan fingerprint density at radius 3 is 2.55 bits per heavy atom. The number of aryl methyl sites for hydroxylation is 1. The lowest BCUT2D eigenvalue weighted by Gasteiger charge is -2.33. The van der Waals surface area contributed by atoms with Crippen molar-refractivity contribution in [3.63, 3.8) is 0 Å². The number of nitrogens with zero attached hydrogens (tertiary/aromatic N) is 1. The van der Waals surface area contributed by atoms with Gasteiger partial charge in [0.05, 0.1) is 24.2 Å². The number of methoxy groups -OCH3 is 1. The predicted octanol–water partition coefficient (Wildman–Crippen LogP) is 2.27. The van der Waals surface area contributed by atoms with E-state index < -0.39 is 22.1 Å². The van der Waals surface area contributed by atoms with Crippen LogP contribution in [0.4, 0.5) is 5.69 Å². The summed E-state index contributed by atoms with van der Waals surface area (Å²) in [5, 5.41) is 0. The highest BCUT2D eigenvalue weighted by Crippen LogP contribution is 2.33. The molecule has 0 radical (unpaired) electrons. The van der Waals surface area contributed by atoms with Crippen LogP contribution in [0, 0.1) is 0 Å². The summed E-state index contributed by atoms with van der Waals surface area (Å²) in [6.45, 7) is 2.35. The molecule has 0 aromatic heterocycles. The standard InChI is InChI=1S/C22H26N2O6S/c1-3-14-23-31(27,28)17-11-8-16(9-12-17)10-13-21(25)24-15-20(22(26)29-2)30-19-7-5-4-6-18(19)24/h4-9,11-12,20,23H,3,10,13-15H2,1-2H3/t20-/m0/s1. The van der Waals surface area contributed by atoms with Crippen LogP contribution < -0.4 is 14.4 Å². The quantitative estimate of drug-likeness (QED) is 0.624. The number of fused-ring (bicyclic) bond motifs is 1. The van der Waals surface area contributed by atoms with Crippen LogP contribution in [0.3, 0.4) is 0 Å². The van der Waals surface area contributed by atoms with Gasteiger partial charge in [0.2, 0.25) is 22.0 Å². The normalized spacial score (nSPS) is 15.7. The maximum Gasteiger partial charge on any atom is 0.348 e. The summed E-state index contributed by atoms with van der Waals surface area (Å²) in [4.78, 5) is 26.6. The van der Waals surface area contributed by atoms with E-state index in [2.05, 4.69) is 4.72 Å². The van der Waals surface area contributed by atoms with Gasteiger partial charge in [-0.1, -0.05) is 31.2 Å². The van der Waals surface area contributed by atoms with Gasteiger partial charge < -0.3 is 14.4 Å². The summed E-state index contributed by atoms with van der Waals surface area (Å²) in [6, 6.07) is 13.5. The number of rotatable bonds is 8. The molecule has 2 aromatic carbocycles. The lowest BCUT2D eigenvalue weighted by atomic mass is 10.1. The first-order chi connectivity index (χ1) is 14.9. The minimum absolute atomic E-state index is 0.0722. The van der Waals surface area contributed by atoms with E-state index in [9.17, 15) is 18.0 Å². The maximum absolute atomic E-state index is 12.9. The first-order valence-electron chi connectivity index (χ1n) is 10.1. The number of ether oxygens (including phenoxy) is 2. The summed E-state index contributed by atoms with van der Waals surface area (Å²) < 4.78 is 37.3. The van der Waals surface area contributed by atoms with Crippen LogP contribution in [-0.4, -0.2) is 46.6 Å². The topological polar surface area (TPSA) is 102 Å². The molecule has 1 aliphatic rings. The van der Waals surface area contributed by atoms with Crippen molar-refractivity contribution in [3.05, 3.63) is 54.1 Å². The fourth-order valence-corrected chi connectivity index (χ4v) is 4.40. The molecule has 8 nitrogen and oxygen atoms in total. The number of para-hydroxylation sites is 2. The second-order valence-electron chi connectivity index (χ2n) is 7.14.